The average molecular weight is 478 g/mol. The first kappa shape index (κ1) is 24.3. The average Bonchev–Trinajstić information content (AvgIpc) is 2.91. The molecule has 3 aromatic rings. The molecule has 1 aliphatic heterocycles. The highest BCUT2D eigenvalue weighted by Gasteiger charge is 2.35. The van der Waals surface area contributed by atoms with Gasteiger partial charge in [-0.15, -0.1) is 0 Å². The van der Waals surface area contributed by atoms with Gasteiger partial charge in [0.1, 0.15) is 12.4 Å². The third-order valence-electron chi connectivity index (χ3n) is 6.16. The van der Waals surface area contributed by atoms with E-state index in [0.717, 1.165) is 11.1 Å². The molecule has 2 atom stereocenters. The Morgan fingerprint density at radius 1 is 0.886 bits per heavy atom. The zero-order chi connectivity index (χ0) is 24.8. The Labute approximate surface area is 206 Å². The number of hydrogen-bond donors (Lipinski definition) is 0. The number of para-hydroxylation sites is 3. The Balaban J connectivity index is 1.65. The molecule has 0 saturated heterocycles. The van der Waals surface area contributed by atoms with E-state index < -0.39 is 6.10 Å². The lowest BCUT2D eigenvalue weighted by atomic mass is 9.91. The lowest BCUT2D eigenvalue weighted by Crippen LogP contribution is -2.47. The number of nitrogens with zero attached hydrogens (tertiary/aromatic N) is 1. The molecule has 0 aromatic heterocycles. The minimum absolute atomic E-state index is 0.108. The SMILES string of the molecule is COc1cc2c(cc1OC)[C@@H](COc1ccccc1OC)N(C(=O)[C@H](C)Oc1ccccc1)CC2. The van der Waals surface area contributed by atoms with Crippen LogP contribution < -0.4 is 23.7 Å². The number of amides is 1. The maximum absolute atomic E-state index is 13.6. The van der Waals surface area contributed by atoms with Gasteiger partial charge in [0.05, 0.1) is 27.4 Å². The van der Waals surface area contributed by atoms with Gasteiger partial charge in [0.25, 0.3) is 5.91 Å². The van der Waals surface area contributed by atoms with E-state index in [4.69, 9.17) is 23.7 Å². The highest BCUT2D eigenvalue weighted by molar-refractivity contribution is 5.82. The summed E-state index contributed by atoms with van der Waals surface area (Å²) < 4.78 is 28.6. The summed E-state index contributed by atoms with van der Waals surface area (Å²) in [7, 11) is 4.83. The minimum Gasteiger partial charge on any atom is -0.493 e. The summed E-state index contributed by atoms with van der Waals surface area (Å²) in [6.07, 6.45) is 0.0258. The van der Waals surface area contributed by atoms with Gasteiger partial charge in [0.15, 0.2) is 29.1 Å². The van der Waals surface area contributed by atoms with E-state index in [2.05, 4.69) is 0 Å². The van der Waals surface area contributed by atoms with Crippen LogP contribution in [0.4, 0.5) is 0 Å². The molecule has 0 unspecified atom stereocenters. The molecule has 0 fully saturated rings. The Bertz CT molecular complexity index is 1150. The van der Waals surface area contributed by atoms with Crippen molar-refractivity contribution in [2.75, 3.05) is 34.5 Å². The minimum atomic E-state index is -0.659. The molecule has 7 heteroatoms. The second kappa shape index (κ2) is 11.0. The van der Waals surface area contributed by atoms with Gasteiger partial charge in [-0.3, -0.25) is 4.79 Å². The van der Waals surface area contributed by atoms with Crippen LogP contribution in [0.5, 0.6) is 28.7 Å². The van der Waals surface area contributed by atoms with Gasteiger partial charge in [-0.2, -0.15) is 0 Å². The van der Waals surface area contributed by atoms with Crippen LogP contribution in [-0.4, -0.2) is 51.4 Å². The fraction of sp³-hybridized carbons (Fsp3) is 0.321. The maximum atomic E-state index is 13.6. The third-order valence-corrected chi connectivity index (χ3v) is 6.16. The van der Waals surface area contributed by atoms with E-state index in [9.17, 15) is 4.79 Å². The molecule has 0 spiro atoms. The zero-order valence-corrected chi connectivity index (χ0v) is 20.5. The van der Waals surface area contributed by atoms with E-state index >= 15 is 0 Å². The van der Waals surface area contributed by atoms with Crippen molar-refractivity contribution in [3.8, 4) is 28.7 Å². The summed E-state index contributed by atoms with van der Waals surface area (Å²) >= 11 is 0. The lowest BCUT2D eigenvalue weighted by molar-refractivity contribution is -0.141. The number of methoxy groups -OCH3 is 3. The number of carbonyl (C=O) groups excluding carboxylic acids is 1. The van der Waals surface area contributed by atoms with Gasteiger partial charge >= 0.3 is 0 Å². The highest BCUT2D eigenvalue weighted by Crippen LogP contribution is 2.39. The van der Waals surface area contributed by atoms with Crippen LogP contribution in [0.2, 0.25) is 0 Å². The molecule has 0 radical (unpaired) electrons. The second-order valence-electron chi connectivity index (χ2n) is 8.24. The highest BCUT2D eigenvalue weighted by atomic mass is 16.5. The molecule has 3 aromatic carbocycles. The summed E-state index contributed by atoms with van der Waals surface area (Å²) in [5.41, 5.74) is 2.06. The summed E-state index contributed by atoms with van der Waals surface area (Å²) in [5, 5.41) is 0. The van der Waals surface area contributed by atoms with Gasteiger partial charge < -0.3 is 28.6 Å². The van der Waals surface area contributed by atoms with Crippen molar-refractivity contribution in [2.24, 2.45) is 0 Å². The van der Waals surface area contributed by atoms with Gasteiger partial charge in [-0.1, -0.05) is 30.3 Å². The van der Waals surface area contributed by atoms with Crippen LogP contribution in [0.3, 0.4) is 0 Å². The Morgan fingerprint density at radius 2 is 1.51 bits per heavy atom. The molecular weight excluding hydrogens is 446 g/mol. The molecule has 0 N–H and O–H groups in total. The third kappa shape index (κ3) is 5.29. The van der Waals surface area contributed by atoms with Crippen LogP contribution in [0, 0.1) is 0 Å². The molecule has 0 aliphatic carbocycles. The molecule has 184 valence electrons. The Hall–Kier alpha value is -3.87. The maximum Gasteiger partial charge on any atom is 0.263 e. The first-order valence-electron chi connectivity index (χ1n) is 11.6. The molecule has 7 nitrogen and oxygen atoms in total. The van der Waals surface area contributed by atoms with E-state index in [1.165, 1.54) is 0 Å². The first-order valence-corrected chi connectivity index (χ1v) is 11.6. The largest absolute Gasteiger partial charge is 0.493 e. The molecule has 1 amide bonds. The molecule has 4 rings (SSSR count). The quantitative estimate of drug-likeness (QED) is 0.446. The van der Waals surface area contributed by atoms with Crippen molar-refractivity contribution < 1.29 is 28.5 Å². The van der Waals surface area contributed by atoms with Crippen LogP contribution in [0.1, 0.15) is 24.1 Å². The smallest absolute Gasteiger partial charge is 0.263 e. The van der Waals surface area contributed by atoms with Crippen molar-refractivity contribution in [3.05, 3.63) is 77.9 Å². The number of benzene rings is 3. The molecular formula is C28H31NO6. The van der Waals surface area contributed by atoms with E-state index in [1.807, 2.05) is 71.6 Å². The second-order valence-corrected chi connectivity index (χ2v) is 8.24. The van der Waals surface area contributed by atoms with Gasteiger partial charge in [0.2, 0.25) is 0 Å². The van der Waals surface area contributed by atoms with E-state index in [0.29, 0.717) is 41.7 Å². The van der Waals surface area contributed by atoms with Gasteiger partial charge in [0, 0.05) is 6.54 Å². The van der Waals surface area contributed by atoms with Crippen LogP contribution >= 0.6 is 0 Å². The summed E-state index contributed by atoms with van der Waals surface area (Å²) in [4.78, 5) is 15.4. The normalized spacial score (nSPS) is 15.5. The predicted octanol–water partition coefficient (Wildman–Crippen LogP) is 4.68. The number of ether oxygens (including phenoxy) is 5. The summed E-state index contributed by atoms with van der Waals surface area (Å²) in [5.74, 6) is 3.06. The summed E-state index contributed by atoms with van der Waals surface area (Å²) in [6, 6.07) is 20.4. The molecule has 35 heavy (non-hydrogen) atoms. The fourth-order valence-corrected chi connectivity index (χ4v) is 4.37. The van der Waals surface area contributed by atoms with E-state index in [-0.39, 0.29) is 18.6 Å². The van der Waals surface area contributed by atoms with Crippen LogP contribution in [-0.2, 0) is 11.2 Å². The summed E-state index contributed by atoms with van der Waals surface area (Å²) in [6.45, 7) is 2.55. The van der Waals surface area contributed by atoms with Crippen molar-refractivity contribution in [2.45, 2.75) is 25.5 Å². The van der Waals surface area contributed by atoms with Crippen molar-refractivity contribution in [3.63, 3.8) is 0 Å². The van der Waals surface area contributed by atoms with Crippen LogP contribution in [0.25, 0.3) is 0 Å². The van der Waals surface area contributed by atoms with Crippen LogP contribution in [0.15, 0.2) is 66.7 Å². The number of rotatable bonds is 9. The number of hydrogen-bond acceptors (Lipinski definition) is 6. The molecule has 1 heterocycles. The lowest BCUT2D eigenvalue weighted by Gasteiger charge is -2.38. The monoisotopic (exact) mass is 477 g/mol. The predicted molar refractivity (Wildman–Crippen MR) is 133 cm³/mol. The van der Waals surface area contributed by atoms with Gasteiger partial charge in [-0.05, 0) is 60.9 Å². The van der Waals surface area contributed by atoms with Crippen molar-refractivity contribution in [1.82, 2.24) is 4.90 Å². The van der Waals surface area contributed by atoms with Crippen molar-refractivity contribution in [1.29, 1.82) is 0 Å². The topological polar surface area (TPSA) is 66.5 Å². The molecule has 0 bridgehead atoms. The standard InChI is InChI=1S/C28H31NO6/c1-19(35-21-10-6-5-7-11-21)28(30)29-15-14-20-16-26(32-3)27(33-4)17-22(20)23(29)18-34-25-13-9-8-12-24(25)31-2/h5-13,16-17,19,23H,14-15,18H2,1-4H3/t19-,23+/m0/s1. The number of fused-ring (bicyclic) bond motifs is 1. The first-order chi connectivity index (χ1) is 17.0. The zero-order valence-electron chi connectivity index (χ0n) is 20.5. The fourth-order valence-electron chi connectivity index (χ4n) is 4.37. The Kier molecular flexibility index (Phi) is 7.65. The molecule has 1 aliphatic rings. The number of carbonyl (C=O) groups is 1. The molecule has 0 saturated carbocycles. The van der Waals surface area contributed by atoms with E-state index in [1.54, 1.807) is 28.3 Å². The van der Waals surface area contributed by atoms with Gasteiger partial charge in [-0.25, -0.2) is 0 Å². The van der Waals surface area contributed by atoms with Crippen molar-refractivity contribution >= 4 is 5.91 Å². The Morgan fingerprint density at radius 3 is 2.20 bits per heavy atom.